The van der Waals surface area contributed by atoms with Crippen LogP contribution >= 0.6 is 11.6 Å². The second kappa shape index (κ2) is 6.73. The summed E-state index contributed by atoms with van der Waals surface area (Å²) in [5.74, 6) is -0.234. The van der Waals surface area contributed by atoms with Crippen molar-refractivity contribution in [3.63, 3.8) is 0 Å². The Morgan fingerprint density at radius 3 is 2.28 bits per heavy atom. The molecule has 0 saturated heterocycles. The second-order valence-corrected chi connectivity index (χ2v) is 4.74. The highest BCUT2D eigenvalue weighted by Gasteiger charge is 2.28. The molecule has 5 heteroatoms. The fourth-order valence-electron chi connectivity index (χ4n) is 1.57. The van der Waals surface area contributed by atoms with Gasteiger partial charge in [-0.1, -0.05) is 30.7 Å². The van der Waals surface area contributed by atoms with Crippen LogP contribution in [0.4, 0.5) is 0 Å². The molecule has 0 atom stereocenters. The largest absolute Gasteiger partial charge is 0.394 e. The number of aliphatic hydroxyl groups excluding tert-OH is 2. The fraction of sp³-hybridized carbons (Fsp3) is 0.462. The van der Waals surface area contributed by atoms with Gasteiger partial charge in [-0.2, -0.15) is 0 Å². The van der Waals surface area contributed by atoms with Crippen LogP contribution in [0.25, 0.3) is 0 Å². The first-order valence-corrected chi connectivity index (χ1v) is 6.20. The Balaban J connectivity index is 2.63. The Labute approximate surface area is 112 Å². The zero-order chi connectivity index (χ0) is 13.6. The molecule has 0 bridgehead atoms. The molecule has 3 N–H and O–H groups in total. The van der Waals surface area contributed by atoms with Gasteiger partial charge in [-0.3, -0.25) is 4.79 Å². The number of benzene rings is 1. The minimum atomic E-state index is -0.941. The van der Waals surface area contributed by atoms with Crippen molar-refractivity contribution in [3.05, 3.63) is 34.9 Å². The topological polar surface area (TPSA) is 69.6 Å². The summed E-state index contributed by atoms with van der Waals surface area (Å²) in [7, 11) is 0. The van der Waals surface area contributed by atoms with E-state index in [4.69, 9.17) is 11.6 Å². The van der Waals surface area contributed by atoms with Crippen LogP contribution in [0.15, 0.2) is 24.3 Å². The third-order valence-electron chi connectivity index (χ3n) is 2.96. The van der Waals surface area contributed by atoms with Crippen molar-refractivity contribution in [2.24, 2.45) is 0 Å². The lowest BCUT2D eigenvalue weighted by Crippen LogP contribution is -2.54. The maximum absolute atomic E-state index is 11.8. The van der Waals surface area contributed by atoms with Crippen LogP contribution in [-0.4, -0.2) is 34.9 Å². The number of nitrogens with one attached hydrogen (secondary N) is 1. The van der Waals surface area contributed by atoms with E-state index in [9.17, 15) is 15.0 Å². The predicted octanol–water partition coefficient (Wildman–Crippen LogP) is 1.13. The summed E-state index contributed by atoms with van der Waals surface area (Å²) in [6.07, 6.45) is 0.658. The first-order chi connectivity index (χ1) is 8.55. The van der Waals surface area contributed by atoms with Crippen molar-refractivity contribution in [2.75, 3.05) is 13.2 Å². The molecule has 0 aromatic heterocycles. The molecule has 100 valence electrons. The minimum Gasteiger partial charge on any atom is -0.394 e. The molecule has 0 heterocycles. The molecule has 18 heavy (non-hydrogen) atoms. The number of amides is 1. The summed E-state index contributed by atoms with van der Waals surface area (Å²) in [6.45, 7) is 1.23. The van der Waals surface area contributed by atoms with Gasteiger partial charge >= 0.3 is 0 Å². The molecule has 0 aliphatic carbocycles. The van der Waals surface area contributed by atoms with Gasteiger partial charge in [-0.15, -0.1) is 0 Å². The van der Waals surface area contributed by atoms with Gasteiger partial charge in [0.2, 0.25) is 5.91 Å². The van der Waals surface area contributed by atoms with Gasteiger partial charge in [0.05, 0.1) is 25.2 Å². The zero-order valence-electron chi connectivity index (χ0n) is 10.3. The SMILES string of the molecule is CCC(CO)(CO)NC(=O)Cc1ccc(Cl)cc1. The van der Waals surface area contributed by atoms with Crippen LogP contribution in [0.3, 0.4) is 0 Å². The van der Waals surface area contributed by atoms with E-state index in [0.717, 1.165) is 5.56 Å². The molecule has 0 saturated carbocycles. The van der Waals surface area contributed by atoms with E-state index in [2.05, 4.69) is 5.32 Å². The average molecular weight is 272 g/mol. The minimum absolute atomic E-state index is 0.193. The summed E-state index contributed by atoms with van der Waals surface area (Å²) < 4.78 is 0. The molecular formula is C13H18ClNO3. The van der Waals surface area contributed by atoms with Gasteiger partial charge in [0.15, 0.2) is 0 Å². The summed E-state index contributed by atoms with van der Waals surface area (Å²) >= 11 is 5.76. The normalized spacial score (nSPS) is 11.3. The van der Waals surface area contributed by atoms with Crippen molar-refractivity contribution in [2.45, 2.75) is 25.3 Å². The molecule has 1 amide bonds. The summed E-state index contributed by atoms with van der Waals surface area (Å²) in [4.78, 5) is 11.8. The summed E-state index contributed by atoms with van der Waals surface area (Å²) in [5.41, 5.74) is -0.110. The van der Waals surface area contributed by atoms with E-state index in [1.807, 2.05) is 0 Å². The number of aliphatic hydroxyl groups is 2. The highest BCUT2D eigenvalue weighted by Crippen LogP contribution is 2.12. The quantitative estimate of drug-likeness (QED) is 0.727. The van der Waals surface area contributed by atoms with Crippen LogP contribution in [0.5, 0.6) is 0 Å². The van der Waals surface area contributed by atoms with Crippen LogP contribution in [0.1, 0.15) is 18.9 Å². The Kier molecular flexibility index (Phi) is 5.59. The number of hydrogen-bond acceptors (Lipinski definition) is 3. The first kappa shape index (κ1) is 15.0. The van der Waals surface area contributed by atoms with Gasteiger partial charge in [0.1, 0.15) is 0 Å². The lowest BCUT2D eigenvalue weighted by molar-refractivity contribution is -0.123. The molecule has 0 spiro atoms. The predicted molar refractivity (Wildman–Crippen MR) is 70.5 cm³/mol. The number of rotatable bonds is 6. The average Bonchev–Trinajstić information content (AvgIpc) is 2.39. The van der Waals surface area contributed by atoms with Crippen LogP contribution in [0.2, 0.25) is 5.02 Å². The Morgan fingerprint density at radius 1 is 1.28 bits per heavy atom. The van der Waals surface area contributed by atoms with Gasteiger partial charge in [0, 0.05) is 5.02 Å². The Bertz CT molecular complexity index is 379. The molecule has 4 nitrogen and oxygen atoms in total. The lowest BCUT2D eigenvalue weighted by Gasteiger charge is -2.29. The fourth-order valence-corrected chi connectivity index (χ4v) is 1.69. The Hall–Kier alpha value is -1.10. The van der Waals surface area contributed by atoms with Gasteiger partial charge < -0.3 is 15.5 Å². The maximum atomic E-state index is 11.8. The van der Waals surface area contributed by atoms with E-state index < -0.39 is 5.54 Å². The highest BCUT2D eigenvalue weighted by atomic mass is 35.5. The molecular weight excluding hydrogens is 254 g/mol. The molecule has 0 aliphatic heterocycles. The van der Waals surface area contributed by atoms with Gasteiger partial charge in [-0.25, -0.2) is 0 Å². The summed E-state index contributed by atoms with van der Waals surface area (Å²) in [6, 6.07) is 6.98. The maximum Gasteiger partial charge on any atom is 0.225 e. The van der Waals surface area contributed by atoms with Crippen molar-refractivity contribution >= 4 is 17.5 Å². The second-order valence-electron chi connectivity index (χ2n) is 4.30. The van der Waals surface area contributed by atoms with Gasteiger partial charge in [-0.05, 0) is 24.1 Å². The summed E-state index contributed by atoms with van der Waals surface area (Å²) in [5, 5.41) is 21.8. The third kappa shape index (κ3) is 3.98. The van der Waals surface area contributed by atoms with E-state index in [1.54, 1.807) is 31.2 Å². The van der Waals surface area contributed by atoms with Crippen molar-refractivity contribution in [3.8, 4) is 0 Å². The number of halogens is 1. The van der Waals surface area contributed by atoms with E-state index in [0.29, 0.717) is 11.4 Å². The van der Waals surface area contributed by atoms with E-state index in [-0.39, 0.29) is 25.5 Å². The number of carbonyl (C=O) groups is 1. The molecule has 0 radical (unpaired) electrons. The van der Waals surface area contributed by atoms with Crippen LogP contribution in [-0.2, 0) is 11.2 Å². The lowest BCUT2D eigenvalue weighted by atomic mass is 9.98. The zero-order valence-corrected chi connectivity index (χ0v) is 11.1. The molecule has 1 aromatic carbocycles. The van der Waals surface area contributed by atoms with Crippen molar-refractivity contribution in [1.29, 1.82) is 0 Å². The molecule has 0 aliphatic rings. The van der Waals surface area contributed by atoms with Gasteiger partial charge in [0.25, 0.3) is 0 Å². The number of hydrogen-bond donors (Lipinski definition) is 3. The standard InChI is InChI=1S/C13H18ClNO3/c1-2-13(8-16,9-17)15-12(18)7-10-3-5-11(14)6-4-10/h3-6,16-17H,2,7-9H2,1H3,(H,15,18). The molecule has 0 fully saturated rings. The van der Waals surface area contributed by atoms with Crippen LogP contribution < -0.4 is 5.32 Å². The number of carbonyl (C=O) groups excluding carboxylic acids is 1. The monoisotopic (exact) mass is 271 g/mol. The molecule has 0 unspecified atom stereocenters. The molecule has 1 rings (SSSR count). The van der Waals surface area contributed by atoms with E-state index in [1.165, 1.54) is 0 Å². The third-order valence-corrected chi connectivity index (χ3v) is 3.22. The van der Waals surface area contributed by atoms with Crippen molar-refractivity contribution in [1.82, 2.24) is 5.32 Å². The Morgan fingerprint density at radius 2 is 1.83 bits per heavy atom. The molecule has 1 aromatic rings. The smallest absolute Gasteiger partial charge is 0.225 e. The van der Waals surface area contributed by atoms with E-state index >= 15 is 0 Å². The first-order valence-electron chi connectivity index (χ1n) is 5.82. The highest BCUT2D eigenvalue weighted by molar-refractivity contribution is 6.30. The van der Waals surface area contributed by atoms with Crippen molar-refractivity contribution < 1.29 is 15.0 Å². The van der Waals surface area contributed by atoms with Crippen LogP contribution in [0, 0.1) is 0 Å².